The van der Waals surface area contributed by atoms with Gasteiger partial charge in [-0.2, -0.15) is 0 Å². The Morgan fingerprint density at radius 1 is 1.31 bits per heavy atom. The predicted octanol–water partition coefficient (Wildman–Crippen LogP) is 3.18. The second kappa shape index (κ2) is 8.01. The fourth-order valence-corrected chi connectivity index (χ4v) is 4.40. The standard InChI is InChI=1S/C20H30BrN5/c1-20(24-18(22)12-19(25-20)26(2)3)15-7-9-17(10-8-15)23-13-14-5-4-6-16(21)11-14/h4-6,11-12,15,17,23-24H,7-10,13,22H2,1-3H3. The van der Waals surface area contributed by atoms with Gasteiger partial charge in [0, 0.05) is 43.1 Å². The fraction of sp³-hybridized carbons (Fsp3) is 0.550. The average Bonchev–Trinajstić information content (AvgIpc) is 2.60. The van der Waals surface area contributed by atoms with Crippen molar-refractivity contribution < 1.29 is 0 Å². The first kappa shape index (κ1) is 19.2. The predicted molar refractivity (Wildman–Crippen MR) is 112 cm³/mol. The molecule has 1 unspecified atom stereocenters. The summed E-state index contributed by atoms with van der Waals surface area (Å²) >= 11 is 3.54. The van der Waals surface area contributed by atoms with Gasteiger partial charge in [-0.1, -0.05) is 28.1 Å². The Bertz CT molecular complexity index is 691. The van der Waals surface area contributed by atoms with Crippen LogP contribution in [0.1, 0.15) is 38.2 Å². The van der Waals surface area contributed by atoms with Crippen LogP contribution in [-0.2, 0) is 6.54 Å². The molecule has 2 aliphatic rings. The fourth-order valence-electron chi connectivity index (χ4n) is 3.96. The molecule has 1 heterocycles. The van der Waals surface area contributed by atoms with Gasteiger partial charge >= 0.3 is 0 Å². The van der Waals surface area contributed by atoms with E-state index in [4.69, 9.17) is 10.7 Å². The molecule has 0 amide bonds. The largest absolute Gasteiger partial charge is 0.385 e. The van der Waals surface area contributed by atoms with Crippen molar-refractivity contribution in [3.05, 3.63) is 46.2 Å². The van der Waals surface area contributed by atoms with Gasteiger partial charge in [-0.3, -0.25) is 0 Å². The number of amidine groups is 1. The summed E-state index contributed by atoms with van der Waals surface area (Å²) in [6.07, 6.45) is 6.56. The van der Waals surface area contributed by atoms with Crippen molar-refractivity contribution >= 4 is 21.8 Å². The van der Waals surface area contributed by atoms with Crippen LogP contribution in [0.5, 0.6) is 0 Å². The Hall–Kier alpha value is -1.53. The average molecular weight is 420 g/mol. The Morgan fingerprint density at radius 3 is 2.69 bits per heavy atom. The number of halogens is 1. The summed E-state index contributed by atoms with van der Waals surface area (Å²) in [5.41, 5.74) is 7.13. The number of likely N-dealkylation sites (N-methyl/N-ethyl adjacent to an activating group) is 1. The highest BCUT2D eigenvalue weighted by Gasteiger charge is 2.38. The quantitative estimate of drug-likeness (QED) is 0.700. The van der Waals surface area contributed by atoms with E-state index in [0.717, 1.165) is 29.7 Å². The number of hydrogen-bond donors (Lipinski definition) is 3. The van der Waals surface area contributed by atoms with Gasteiger partial charge in [0.2, 0.25) is 0 Å². The molecule has 1 fully saturated rings. The van der Waals surface area contributed by atoms with E-state index in [9.17, 15) is 0 Å². The number of nitrogens with one attached hydrogen (secondary N) is 2. The van der Waals surface area contributed by atoms with Crippen molar-refractivity contribution in [1.82, 2.24) is 15.5 Å². The van der Waals surface area contributed by atoms with Crippen molar-refractivity contribution in [3.63, 3.8) is 0 Å². The molecule has 0 bridgehead atoms. The number of nitrogens with two attached hydrogens (primary N) is 1. The minimum atomic E-state index is -0.312. The summed E-state index contributed by atoms with van der Waals surface area (Å²) in [5.74, 6) is 2.15. The van der Waals surface area contributed by atoms with Gasteiger partial charge in [-0.15, -0.1) is 0 Å². The van der Waals surface area contributed by atoms with Crippen LogP contribution in [0.15, 0.2) is 45.6 Å². The van der Waals surface area contributed by atoms with Gasteiger partial charge in [0.15, 0.2) is 0 Å². The number of nitrogens with zero attached hydrogens (tertiary/aromatic N) is 2. The molecule has 6 heteroatoms. The van der Waals surface area contributed by atoms with Crippen LogP contribution >= 0.6 is 15.9 Å². The highest BCUT2D eigenvalue weighted by molar-refractivity contribution is 9.10. The highest BCUT2D eigenvalue weighted by atomic mass is 79.9. The maximum absolute atomic E-state index is 6.12. The third-order valence-electron chi connectivity index (χ3n) is 5.49. The van der Waals surface area contributed by atoms with Crippen molar-refractivity contribution in [2.45, 2.75) is 50.9 Å². The molecule has 1 aromatic rings. The molecule has 0 spiro atoms. The van der Waals surface area contributed by atoms with Crippen LogP contribution in [0.25, 0.3) is 0 Å². The zero-order valence-electron chi connectivity index (χ0n) is 15.9. The van der Waals surface area contributed by atoms with E-state index >= 15 is 0 Å². The SMILES string of the molecule is CN(C)C1=NC(C)(C2CCC(NCc3cccc(Br)c3)CC2)NC(N)=C1. The topological polar surface area (TPSA) is 65.7 Å². The van der Waals surface area contributed by atoms with E-state index in [2.05, 4.69) is 57.8 Å². The Labute approximate surface area is 165 Å². The molecular formula is C20H30BrN5. The maximum Gasteiger partial charge on any atom is 0.132 e. The Morgan fingerprint density at radius 2 is 2.04 bits per heavy atom. The van der Waals surface area contributed by atoms with E-state index in [1.165, 1.54) is 18.4 Å². The second-order valence-electron chi connectivity index (χ2n) is 7.80. The molecule has 0 radical (unpaired) electrons. The smallest absolute Gasteiger partial charge is 0.132 e. The van der Waals surface area contributed by atoms with Gasteiger partial charge in [0.25, 0.3) is 0 Å². The zero-order valence-corrected chi connectivity index (χ0v) is 17.5. The second-order valence-corrected chi connectivity index (χ2v) is 8.71. The Balaban J connectivity index is 1.55. The first-order valence-corrected chi connectivity index (χ1v) is 10.2. The Kier molecular flexibility index (Phi) is 5.92. The van der Waals surface area contributed by atoms with Gasteiger partial charge in [-0.05, 0) is 50.3 Å². The molecule has 1 aliphatic carbocycles. The summed E-state index contributed by atoms with van der Waals surface area (Å²) < 4.78 is 1.14. The number of aliphatic imine (C=N–C) groups is 1. The third kappa shape index (κ3) is 4.60. The van der Waals surface area contributed by atoms with E-state index in [1.807, 2.05) is 25.1 Å². The van der Waals surface area contributed by atoms with Crippen molar-refractivity contribution in [2.24, 2.45) is 16.6 Å². The zero-order chi connectivity index (χ0) is 18.7. The summed E-state index contributed by atoms with van der Waals surface area (Å²) in [6, 6.07) is 9.07. The molecular weight excluding hydrogens is 390 g/mol. The third-order valence-corrected chi connectivity index (χ3v) is 5.99. The number of rotatable bonds is 4. The molecule has 26 heavy (non-hydrogen) atoms. The maximum atomic E-state index is 6.12. The van der Waals surface area contributed by atoms with E-state index in [-0.39, 0.29) is 5.66 Å². The van der Waals surface area contributed by atoms with Crippen LogP contribution in [0.3, 0.4) is 0 Å². The highest BCUT2D eigenvalue weighted by Crippen LogP contribution is 2.35. The molecule has 4 N–H and O–H groups in total. The molecule has 1 saturated carbocycles. The molecule has 3 rings (SSSR count). The molecule has 5 nitrogen and oxygen atoms in total. The minimum absolute atomic E-state index is 0.312. The molecule has 1 aromatic carbocycles. The van der Waals surface area contributed by atoms with Gasteiger partial charge < -0.3 is 21.3 Å². The van der Waals surface area contributed by atoms with Gasteiger partial charge in [0.1, 0.15) is 17.3 Å². The van der Waals surface area contributed by atoms with Gasteiger partial charge in [0.05, 0.1) is 0 Å². The van der Waals surface area contributed by atoms with Crippen molar-refractivity contribution in [1.29, 1.82) is 0 Å². The lowest BCUT2D eigenvalue weighted by atomic mass is 9.78. The van der Waals surface area contributed by atoms with E-state index in [1.54, 1.807) is 0 Å². The van der Waals surface area contributed by atoms with Crippen molar-refractivity contribution in [3.8, 4) is 0 Å². The molecule has 0 saturated heterocycles. The molecule has 1 aliphatic heterocycles. The summed E-state index contributed by atoms with van der Waals surface area (Å²) in [7, 11) is 4.02. The van der Waals surface area contributed by atoms with E-state index in [0.29, 0.717) is 17.8 Å². The summed E-state index contributed by atoms with van der Waals surface area (Å²) in [4.78, 5) is 6.99. The normalized spacial score (nSPS) is 28.8. The van der Waals surface area contributed by atoms with E-state index < -0.39 is 0 Å². The van der Waals surface area contributed by atoms with Gasteiger partial charge in [-0.25, -0.2) is 4.99 Å². The lowest BCUT2D eigenvalue weighted by Gasteiger charge is -2.42. The lowest BCUT2D eigenvalue weighted by molar-refractivity contribution is 0.173. The number of hydrogen-bond acceptors (Lipinski definition) is 5. The van der Waals surface area contributed by atoms with Crippen LogP contribution < -0.4 is 16.4 Å². The summed E-state index contributed by atoms with van der Waals surface area (Å²) in [5, 5.41) is 7.14. The monoisotopic (exact) mass is 419 g/mol. The number of benzene rings is 1. The molecule has 1 atom stereocenters. The first-order valence-electron chi connectivity index (χ1n) is 9.36. The molecule has 0 aromatic heterocycles. The lowest BCUT2D eigenvalue weighted by Crippen LogP contribution is -2.53. The van der Waals surface area contributed by atoms with Crippen LogP contribution in [-0.4, -0.2) is 36.5 Å². The first-order chi connectivity index (χ1) is 12.4. The van der Waals surface area contributed by atoms with Crippen LogP contribution in [0.4, 0.5) is 0 Å². The van der Waals surface area contributed by atoms with Crippen LogP contribution in [0, 0.1) is 5.92 Å². The minimum Gasteiger partial charge on any atom is -0.385 e. The summed E-state index contributed by atoms with van der Waals surface area (Å²) in [6.45, 7) is 3.10. The van der Waals surface area contributed by atoms with Crippen LogP contribution in [0.2, 0.25) is 0 Å². The molecule has 142 valence electrons. The van der Waals surface area contributed by atoms with Crippen molar-refractivity contribution in [2.75, 3.05) is 14.1 Å².